The van der Waals surface area contributed by atoms with E-state index in [-0.39, 0.29) is 11.5 Å². The first kappa shape index (κ1) is 10.9. The van der Waals surface area contributed by atoms with Crippen LogP contribution < -0.4 is 11.1 Å². The van der Waals surface area contributed by atoms with E-state index in [9.17, 15) is 4.79 Å². The number of carbonyl (C=O) groups excluding carboxylic acids is 1. The third-order valence-corrected chi connectivity index (χ3v) is 3.57. The van der Waals surface area contributed by atoms with Gasteiger partial charge in [0.2, 0.25) is 5.91 Å². The number of carbonyl (C=O) groups is 1. The molecule has 0 radical (unpaired) electrons. The van der Waals surface area contributed by atoms with E-state index in [1.54, 1.807) is 0 Å². The van der Waals surface area contributed by atoms with Crippen molar-refractivity contribution >= 4 is 5.91 Å². The van der Waals surface area contributed by atoms with E-state index in [0.29, 0.717) is 12.6 Å². The van der Waals surface area contributed by atoms with Crippen molar-refractivity contribution in [1.82, 2.24) is 5.32 Å². The fourth-order valence-electron chi connectivity index (χ4n) is 2.81. The first-order valence-corrected chi connectivity index (χ1v) is 5.86. The Morgan fingerprint density at radius 2 is 2.20 bits per heavy atom. The van der Waals surface area contributed by atoms with Crippen molar-refractivity contribution < 1.29 is 9.53 Å². The lowest BCUT2D eigenvalue weighted by molar-refractivity contribution is -0.118. The topological polar surface area (TPSA) is 64.4 Å². The molecule has 2 aliphatic rings. The second-order valence-corrected chi connectivity index (χ2v) is 4.78. The van der Waals surface area contributed by atoms with Gasteiger partial charge < -0.3 is 15.8 Å². The SMILES string of the molecule is NC(=O)CNC1CCOC2(CCCC2)C1. The van der Waals surface area contributed by atoms with Crippen LogP contribution in [0.25, 0.3) is 0 Å². The molecule has 1 aliphatic carbocycles. The molecule has 1 spiro atoms. The molecule has 2 rings (SSSR count). The summed E-state index contributed by atoms with van der Waals surface area (Å²) >= 11 is 0. The Hall–Kier alpha value is -0.610. The van der Waals surface area contributed by atoms with Gasteiger partial charge >= 0.3 is 0 Å². The summed E-state index contributed by atoms with van der Waals surface area (Å²) in [6.07, 6.45) is 6.96. The van der Waals surface area contributed by atoms with E-state index >= 15 is 0 Å². The predicted molar refractivity (Wildman–Crippen MR) is 57.4 cm³/mol. The van der Waals surface area contributed by atoms with E-state index in [4.69, 9.17) is 10.5 Å². The van der Waals surface area contributed by atoms with Gasteiger partial charge in [-0.1, -0.05) is 12.8 Å². The Balaban J connectivity index is 1.84. The van der Waals surface area contributed by atoms with Crippen molar-refractivity contribution in [3.05, 3.63) is 0 Å². The summed E-state index contributed by atoms with van der Waals surface area (Å²) in [6, 6.07) is 0.407. The van der Waals surface area contributed by atoms with E-state index in [2.05, 4.69) is 5.32 Å². The van der Waals surface area contributed by atoms with Gasteiger partial charge in [-0.05, 0) is 25.7 Å². The molecule has 0 aromatic carbocycles. The number of rotatable bonds is 3. The molecule has 1 aliphatic heterocycles. The fourth-order valence-corrected chi connectivity index (χ4v) is 2.81. The highest BCUT2D eigenvalue weighted by molar-refractivity contribution is 5.75. The number of hydrogen-bond acceptors (Lipinski definition) is 3. The molecule has 15 heavy (non-hydrogen) atoms. The summed E-state index contributed by atoms with van der Waals surface area (Å²) in [5, 5.41) is 3.22. The zero-order chi connectivity index (χ0) is 10.7. The lowest BCUT2D eigenvalue weighted by Crippen LogP contribution is -2.47. The fraction of sp³-hybridized carbons (Fsp3) is 0.909. The molecule has 0 bridgehead atoms. The Morgan fingerprint density at radius 3 is 2.87 bits per heavy atom. The summed E-state index contributed by atoms with van der Waals surface area (Å²) in [5.41, 5.74) is 5.24. The maximum atomic E-state index is 10.7. The van der Waals surface area contributed by atoms with Gasteiger partial charge in [0.25, 0.3) is 0 Å². The molecular formula is C11H20N2O2. The number of ether oxygens (including phenoxy) is 1. The van der Waals surface area contributed by atoms with Gasteiger partial charge in [-0.15, -0.1) is 0 Å². The predicted octanol–water partition coefficient (Wildman–Crippen LogP) is 0.553. The lowest BCUT2D eigenvalue weighted by atomic mass is 9.89. The van der Waals surface area contributed by atoms with Crippen LogP contribution in [0.1, 0.15) is 38.5 Å². The van der Waals surface area contributed by atoms with E-state index < -0.39 is 0 Å². The van der Waals surface area contributed by atoms with Gasteiger partial charge in [-0.3, -0.25) is 4.79 Å². The molecule has 1 amide bonds. The standard InChI is InChI=1S/C11H20N2O2/c12-10(14)8-13-9-3-6-15-11(7-9)4-1-2-5-11/h9,13H,1-8H2,(H2,12,14). The minimum atomic E-state index is -0.276. The average molecular weight is 212 g/mol. The molecule has 1 saturated carbocycles. The minimum Gasteiger partial charge on any atom is -0.375 e. The van der Waals surface area contributed by atoms with Crippen LogP contribution in [0.2, 0.25) is 0 Å². The van der Waals surface area contributed by atoms with Crippen molar-refractivity contribution in [3.8, 4) is 0 Å². The molecule has 1 atom stereocenters. The van der Waals surface area contributed by atoms with Gasteiger partial charge in [-0.2, -0.15) is 0 Å². The first-order chi connectivity index (χ1) is 7.20. The van der Waals surface area contributed by atoms with Gasteiger partial charge in [0, 0.05) is 12.6 Å². The maximum absolute atomic E-state index is 10.7. The van der Waals surface area contributed by atoms with E-state index in [1.165, 1.54) is 25.7 Å². The Morgan fingerprint density at radius 1 is 1.47 bits per heavy atom. The monoisotopic (exact) mass is 212 g/mol. The first-order valence-electron chi connectivity index (χ1n) is 5.86. The summed E-state index contributed by atoms with van der Waals surface area (Å²) in [6.45, 7) is 1.11. The van der Waals surface area contributed by atoms with E-state index in [1.807, 2.05) is 0 Å². The lowest BCUT2D eigenvalue weighted by Gasteiger charge is -2.38. The van der Waals surface area contributed by atoms with Crippen molar-refractivity contribution in [1.29, 1.82) is 0 Å². The van der Waals surface area contributed by atoms with Gasteiger partial charge in [-0.25, -0.2) is 0 Å². The second-order valence-electron chi connectivity index (χ2n) is 4.78. The van der Waals surface area contributed by atoms with Gasteiger partial charge in [0.1, 0.15) is 0 Å². The summed E-state index contributed by atoms with van der Waals surface area (Å²) in [5.74, 6) is -0.276. The Labute approximate surface area is 90.5 Å². The van der Waals surface area contributed by atoms with Crippen LogP contribution in [0.5, 0.6) is 0 Å². The number of nitrogens with two attached hydrogens (primary N) is 1. The van der Waals surface area contributed by atoms with Crippen LogP contribution in [-0.2, 0) is 9.53 Å². The van der Waals surface area contributed by atoms with Crippen molar-refractivity contribution in [3.63, 3.8) is 0 Å². The largest absolute Gasteiger partial charge is 0.375 e. The molecule has 2 fully saturated rings. The summed E-state index contributed by atoms with van der Waals surface area (Å²) in [7, 11) is 0. The van der Waals surface area contributed by atoms with Crippen LogP contribution in [0.4, 0.5) is 0 Å². The molecule has 86 valence electrons. The van der Waals surface area contributed by atoms with Crippen LogP contribution in [0.3, 0.4) is 0 Å². The highest BCUT2D eigenvalue weighted by Gasteiger charge is 2.39. The molecule has 0 aromatic rings. The molecule has 0 aromatic heterocycles. The van der Waals surface area contributed by atoms with Crippen LogP contribution in [-0.4, -0.2) is 30.7 Å². The Kier molecular flexibility index (Phi) is 3.26. The highest BCUT2D eigenvalue weighted by atomic mass is 16.5. The smallest absolute Gasteiger partial charge is 0.231 e. The normalized spacial score (nSPS) is 29.5. The van der Waals surface area contributed by atoms with Crippen LogP contribution >= 0.6 is 0 Å². The van der Waals surface area contributed by atoms with Gasteiger partial charge in [0.15, 0.2) is 0 Å². The summed E-state index contributed by atoms with van der Waals surface area (Å²) < 4.78 is 5.91. The van der Waals surface area contributed by atoms with Gasteiger partial charge in [0.05, 0.1) is 12.1 Å². The minimum absolute atomic E-state index is 0.119. The molecule has 4 heteroatoms. The molecule has 1 heterocycles. The van der Waals surface area contributed by atoms with Crippen molar-refractivity contribution in [2.24, 2.45) is 5.73 Å². The van der Waals surface area contributed by atoms with Crippen molar-refractivity contribution in [2.45, 2.75) is 50.2 Å². The maximum Gasteiger partial charge on any atom is 0.231 e. The second kappa shape index (κ2) is 4.49. The van der Waals surface area contributed by atoms with Crippen molar-refractivity contribution in [2.75, 3.05) is 13.2 Å². The third kappa shape index (κ3) is 2.69. The number of nitrogens with one attached hydrogen (secondary N) is 1. The number of amides is 1. The molecule has 4 nitrogen and oxygen atoms in total. The van der Waals surface area contributed by atoms with Crippen LogP contribution in [0.15, 0.2) is 0 Å². The Bertz CT molecular complexity index is 237. The zero-order valence-electron chi connectivity index (χ0n) is 9.13. The molecule has 1 unspecified atom stereocenters. The summed E-state index contributed by atoms with van der Waals surface area (Å²) in [4.78, 5) is 10.7. The zero-order valence-corrected chi connectivity index (χ0v) is 9.13. The molecule has 3 N–H and O–H groups in total. The quantitative estimate of drug-likeness (QED) is 0.718. The highest BCUT2D eigenvalue weighted by Crippen LogP contribution is 2.39. The molecule has 1 saturated heterocycles. The van der Waals surface area contributed by atoms with Crippen LogP contribution in [0, 0.1) is 0 Å². The number of hydrogen-bond donors (Lipinski definition) is 2. The average Bonchev–Trinajstić information content (AvgIpc) is 2.63. The third-order valence-electron chi connectivity index (χ3n) is 3.57. The molecular weight excluding hydrogens is 192 g/mol. The van der Waals surface area contributed by atoms with E-state index in [0.717, 1.165) is 19.4 Å². The number of primary amides is 1.